The third-order valence-corrected chi connectivity index (χ3v) is 4.06. The maximum Gasteiger partial charge on any atom is 0.217 e. The zero-order valence-corrected chi connectivity index (χ0v) is 10.2. The highest BCUT2D eigenvalue weighted by molar-refractivity contribution is 5.73. The minimum absolute atomic E-state index is 0.211. The number of primary amides is 1. The van der Waals surface area contributed by atoms with Gasteiger partial charge in [0.05, 0.1) is 6.10 Å². The van der Waals surface area contributed by atoms with Crippen LogP contribution in [-0.4, -0.2) is 31.2 Å². The molecule has 0 aromatic heterocycles. The fourth-order valence-corrected chi connectivity index (χ4v) is 3.26. The molecule has 1 saturated carbocycles. The maximum atomic E-state index is 10.6. The third-order valence-electron chi connectivity index (χ3n) is 4.06. The summed E-state index contributed by atoms with van der Waals surface area (Å²) in [5.41, 5.74) is 5.34. The molecule has 2 aliphatic rings. The van der Waals surface area contributed by atoms with Gasteiger partial charge in [0.2, 0.25) is 5.91 Å². The Kier molecular flexibility index (Phi) is 3.22. The number of hydrogen-bond acceptors (Lipinski definition) is 3. The summed E-state index contributed by atoms with van der Waals surface area (Å²) < 4.78 is 5.73. The Morgan fingerprint density at radius 3 is 3.00 bits per heavy atom. The van der Waals surface area contributed by atoms with Gasteiger partial charge in [-0.25, -0.2) is 0 Å². The Bertz CT molecular complexity index is 278. The molecule has 1 saturated heterocycles. The van der Waals surface area contributed by atoms with Crippen LogP contribution in [-0.2, 0) is 9.53 Å². The fourth-order valence-electron chi connectivity index (χ4n) is 3.26. The van der Waals surface area contributed by atoms with Gasteiger partial charge in [0.25, 0.3) is 0 Å². The van der Waals surface area contributed by atoms with E-state index in [1.165, 1.54) is 6.42 Å². The Morgan fingerprint density at radius 2 is 2.31 bits per heavy atom. The highest BCUT2D eigenvalue weighted by Gasteiger charge is 2.58. The molecule has 3 N–H and O–H groups in total. The first-order valence-electron chi connectivity index (χ1n) is 6.17. The molecular formula is C12H22N2O2. The van der Waals surface area contributed by atoms with Gasteiger partial charge in [-0.05, 0) is 19.4 Å². The normalized spacial score (nSPS) is 35.5. The number of carbonyl (C=O) groups is 1. The highest BCUT2D eigenvalue weighted by Crippen LogP contribution is 2.51. The molecule has 92 valence electrons. The number of nitrogens with two attached hydrogens (primary N) is 1. The second-order valence-electron chi connectivity index (χ2n) is 5.57. The van der Waals surface area contributed by atoms with Crippen molar-refractivity contribution in [3.63, 3.8) is 0 Å². The quantitative estimate of drug-likeness (QED) is 0.677. The lowest BCUT2D eigenvalue weighted by molar-refractivity contribution is -0.118. The zero-order chi connectivity index (χ0) is 11.8. The van der Waals surface area contributed by atoms with Crippen molar-refractivity contribution < 1.29 is 9.53 Å². The number of carbonyl (C=O) groups excluding carboxylic acids is 1. The van der Waals surface area contributed by atoms with Crippen LogP contribution in [0.3, 0.4) is 0 Å². The first kappa shape index (κ1) is 11.9. The lowest BCUT2D eigenvalue weighted by Crippen LogP contribution is -2.65. The van der Waals surface area contributed by atoms with Gasteiger partial charge in [-0.1, -0.05) is 13.8 Å². The minimum atomic E-state index is -0.211. The van der Waals surface area contributed by atoms with Gasteiger partial charge < -0.3 is 15.8 Å². The van der Waals surface area contributed by atoms with Crippen molar-refractivity contribution in [2.24, 2.45) is 17.1 Å². The summed E-state index contributed by atoms with van der Waals surface area (Å²) in [6.45, 7) is 6.29. The SMILES string of the molecule is CC1(C)C(NCCCC(N)=O)C2CCOC21. The van der Waals surface area contributed by atoms with Gasteiger partial charge in [-0.2, -0.15) is 0 Å². The van der Waals surface area contributed by atoms with Crippen molar-refractivity contribution in [1.29, 1.82) is 0 Å². The lowest BCUT2D eigenvalue weighted by atomic mass is 9.57. The van der Waals surface area contributed by atoms with E-state index in [1.807, 2.05) is 0 Å². The molecule has 0 bridgehead atoms. The largest absolute Gasteiger partial charge is 0.377 e. The van der Waals surface area contributed by atoms with Gasteiger partial charge in [-0.15, -0.1) is 0 Å². The summed E-state index contributed by atoms with van der Waals surface area (Å²) in [6, 6.07) is 0.535. The number of hydrogen-bond donors (Lipinski definition) is 2. The molecule has 1 heterocycles. The number of ether oxygens (including phenoxy) is 1. The minimum Gasteiger partial charge on any atom is -0.377 e. The van der Waals surface area contributed by atoms with Crippen LogP contribution >= 0.6 is 0 Å². The maximum absolute atomic E-state index is 10.6. The van der Waals surface area contributed by atoms with Gasteiger partial charge in [0.15, 0.2) is 0 Å². The second-order valence-corrected chi connectivity index (χ2v) is 5.57. The predicted molar refractivity (Wildman–Crippen MR) is 61.8 cm³/mol. The topological polar surface area (TPSA) is 64.3 Å². The summed E-state index contributed by atoms with van der Waals surface area (Å²) in [5, 5.41) is 3.55. The van der Waals surface area contributed by atoms with Crippen LogP contribution in [0.1, 0.15) is 33.1 Å². The Hall–Kier alpha value is -0.610. The van der Waals surface area contributed by atoms with Crippen molar-refractivity contribution in [3.8, 4) is 0 Å². The van der Waals surface area contributed by atoms with Crippen molar-refractivity contribution in [2.75, 3.05) is 13.2 Å². The Balaban J connectivity index is 1.75. The van der Waals surface area contributed by atoms with Gasteiger partial charge in [0.1, 0.15) is 0 Å². The Labute approximate surface area is 96.9 Å². The fraction of sp³-hybridized carbons (Fsp3) is 0.917. The van der Waals surface area contributed by atoms with Crippen LogP contribution in [0.5, 0.6) is 0 Å². The number of nitrogens with one attached hydrogen (secondary N) is 1. The molecule has 3 unspecified atom stereocenters. The molecule has 2 fully saturated rings. The van der Waals surface area contributed by atoms with E-state index in [0.717, 1.165) is 19.6 Å². The molecule has 0 aromatic carbocycles. The van der Waals surface area contributed by atoms with E-state index < -0.39 is 0 Å². The van der Waals surface area contributed by atoms with Crippen molar-refractivity contribution in [1.82, 2.24) is 5.32 Å². The third kappa shape index (κ3) is 1.96. The molecule has 0 aromatic rings. The smallest absolute Gasteiger partial charge is 0.217 e. The summed E-state index contributed by atoms with van der Waals surface area (Å²) in [6.07, 6.45) is 2.91. The molecule has 0 radical (unpaired) electrons. The lowest BCUT2D eigenvalue weighted by Gasteiger charge is -2.55. The monoisotopic (exact) mass is 226 g/mol. The van der Waals surface area contributed by atoms with Crippen molar-refractivity contribution in [2.45, 2.75) is 45.3 Å². The summed E-state index contributed by atoms with van der Waals surface area (Å²) >= 11 is 0. The van der Waals surface area contributed by atoms with E-state index in [9.17, 15) is 4.79 Å². The van der Waals surface area contributed by atoms with Gasteiger partial charge >= 0.3 is 0 Å². The second kappa shape index (κ2) is 4.34. The van der Waals surface area contributed by atoms with Crippen LogP contribution < -0.4 is 11.1 Å². The van der Waals surface area contributed by atoms with E-state index in [0.29, 0.717) is 24.5 Å². The molecule has 4 nitrogen and oxygen atoms in total. The van der Waals surface area contributed by atoms with Gasteiger partial charge in [-0.3, -0.25) is 4.79 Å². The van der Waals surface area contributed by atoms with Crippen LogP contribution in [0.25, 0.3) is 0 Å². The van der Waals surface area contributed by atoms with Crippen LogP contribution in [0, 0.1) is 11.3 Å². The average Bonchev–Trinajstić information content (AvgIpc) is 2.63. The standard InChI is InChI=1S/C12H22N2O2/c1-12(2)10(8-5-7-16-11(8)12)14-6-3-4-9(13)15/h8,10-11,14H,3-7H2,1-2H3,(H2,13,15). The van der Waals surface area contributed by atoms with Crippen LogP contribution in [0.4, 0.5) is 0 Å². The van der Waals surface area contributed by atoms with E-state index in [2.05, 4.69) is 19.2 Å². The number of rotatable bonds is 5. The molecule has 1 amide bonds. The Morgan fingerprint density at radius 1 is 1.56 bits per heavy atom. The van der Waals surface area contributed by atoms with Crippen molar-refractivity contribution >= 4 is 5.91 Å². The zero-order valence-electron chi connectivity index (χ0n) is 10.2. The average molecular weight is 226 g/mol. The highest BCUT2D eigenvalue weighted by atomic mass is 16.5. The van der Waals surface area contributed by atoms with Crippen LogP contribution in [0.2, 0.25) is 0 Å². The summed E-state index contributed by atoms with van der Waals surface area (Å²) in [4.78, 5) is 10.6. The molecule has 1 aliphatic heterocycles. The molecule has 16 heavy (non-hydrogen) atoms. The van der Waals surface area contributed by atoms with E-state index >= 15 is 0 Å². The molecule has 2 rings (SSSR count). The van der Waals surface area contributed by atoms with E-state index in [-0.39, 0.29) is 11.3 Å². The van der Waals surface area contributed by atoms with Crippen LogP contribution in [0.15, 0.2) is 0 Å². The van der Waals surface area contributed by atoms with Gasteiger partial charge in [0, 0.05) is 30.4 Å². The first-order valence-corrected chi connectivity index (χ1v) is 6.17. The molecular weight excluding hydrogens is 204 g/mol. The summed E-state index contributed by atoms with van der Waals surface area (Å²) in [5.74, 6) is 0.459. The van der Waals surface area contributed by atoms with E-state index in [4.69, 9.17) is 10.5 Å². The first-order chi connectivity index (χ1) is 7.53. The molecule has 3 atom stereocenters. The van der Waals surface area contributed by atoms with Crippen molar-refractivity contribution in [3.05, 3.63) is 0 Å². The number of fused-ring (bicyclic) bond motifs is 1. The molecule has 4 heteroatoms. The van der Waals surface area contributed by atoms with E-state index in [1.54, 1.807) is 0 Å². The molecule has 1 aliphatic carbocycles. The molecule has 0 spiro atoms. The number of amides is 1. The predicted octanol–water partition coefficient (Wildman–Crippen LogP) is 0.655. The summed E-state index contributed by atoms with van der Waals surface area (Å²) in [7, 11) is 0.